The molecule has 198 valence electrons. The molecule has 2 amide bonds. The van der Waals surface area contributed by atoms with Gasteiger partial charge in [0.1, 0.15) is 0 Å². The minimum Gasteiger partial charge on any atom is -0.325 e. The Bertz CT molecular complexity index is 1460. The minimum absolute atomic E-state index is 0.0422. The second kappa shape index (κ2) is 11.1. The van der Waals surface area contributed by atoms with Crippen LogP contribution in [0.1, 0.15) is 55.1 Å². The molecule has 2 N–H and O–H groups in total. The summed E-state index contributed by atoms with van der Waals surface area (Å²) in [6, 6.07) is 2.02. The summed E-state index contributed by atoms with van der Waals surface area (Å²) < 4.78 is 3.33. The predicted molar refractivity (Wildman–Crippen MR) is 145 cm³/mol. The molecule has 0 unspecified atom stereocenters. The van der Waals surface area contributed by atoms with Gasteiger partial charge in [0.25, 0.3) is 5.91 Å². The molecule has 11 nitrogen and oxygen atoms in total. The first-order valence-corrected chi connectivity index (χ1v) is 13.1. The number of nitrogens with zero attached hydrogens (tertiary/aromatic N) is 7. The zero-order valence-corrected chi connectivity index (χ0v) is 22.0. The van der Waals surface area contributed by atoms with Gasteiger partial charge in [0.15, 0.2) is 0 Å². The fourth-order valence-electron chi connectivity index (χ4n) is 4.89. The number of fused-ring (bicyclic) bond motifs is 1. The highest BCUT2D eigenvalue weighted by atomic mass is 16.2. The summed E-state index contributed by atoms with van der Waals surface area (Å²) in [6.45, 7) is 6.10. The number of likely N-dealkylation sites (tertiary alicyclic amines) is 1. The van der Waals surface area contributed by atoms with Crippen LogP contribution in [0.5, 0.6) is 0 Å². The normalized spacial score (nSPS) is 15.7. The molecule has 5 heterocycles. The third-order valence-corrected chi connectivity index (χ3v) is 6.99. The molecule has 1 fully saturated rings. The van der Waals surface area contributed by atoms with Crippen LogP contribution >= 0.6 is 0 Å². The Labute approximate surface area is 221 Å². The molecule has 1 aliphatic heterocycles. The first kappa shape index (κ1) is 25.5. The van der Waals surface area contributed by atoms with E-state index >= 15 is 0 Å². The van der Waals surface area contributed by atoms with Crippen molar-refractivity contribution in [1.29, 1.82) is 0 Å². The average Bonchev–Trinajstić information content (AvgIpc) is 3.64. The average molecular weight is 516 g/mol. The van der Waals surface area contributed by atoms with Gasteiger partial charge in [0, 0.05) is 31.3 Å². The molecule has 4 aromatic heterocycles. The van der Waals surface area contributed by atoms with E-state index in [1.807, 2.05) is 20.2 Å². The molecule has 1 atom stereocenters. The van der Waals surface area contributed by atoms with Crippen LogP contribution in [0.2, 0.25) is 0 Å². The standard InChI is InChI=1S/C27H33N9O2/c1-4-5-8-35-9-6-7-21(35)11-26(37)32-20-10-23(18(2)28-13-20)33-27(38)22-14-31-36-17-24(29-15-25(22)36)19-12-30-34(3)16-19/h10,12-17,21H,4-9,11H2,1-3H3,(H,32,37)(H,33,38)/t21-/m0/s1. The summed E-state index contributed by atoms with van der Waals surface area (Å²) in [6.07, 6.45) is 15.0. The van der Waals surface area contributed by atoms with E-state index in [1.165, 1.54) is 6.20 Å². The van der Waals surface area contributed by atoms with Gasteiger partial charge in [0.2, 0.25) is 5.91 Å². The van der Waals surface area contributed by atoms with Gasteiger partial charge < -0.3 is 10.6 Å². The fraction of sp³-hybridized carbons (Fsp3) is 0.407. The van der Waals surface area contributed by atoms with Gasteiger partial charge in [-0.1, -0.05) is 13.3 Å². The monoisotopic (exact) mass is 515 g/mol. The minimum atomic E-state index is -0.332. The van der Waals surface area contributed by atoms with Crippen LogP contribution in [0.3, 0.4) is 0 Å². The number of amides is 2. The zero-order valence-electron chi connectivity index (χ0n) is 22.0. The lowest BCUT2D eigenvalue weighted by Gasteiger charge is -2.23. The van der Waals surface area contributed by atoms with E-state index in [1.54, 1.807) is 40.1 Å². The highest BCUT2D eigenvalue weighted by molar-refractivity contribution is 6.09. The Balaban J connectivity index is 1.26. The van der Waals surface area contributed by atoms with Gasteiger partial charge in [-0.2, -0.15) is 10.2 Å². The number of aryl methyl sites for hydroxylation is 2. The maximum Gasteiger partial charge on any atom is 0.259 e. The highest BCUT2D eigenvalue weighted by Crippen LogP contribution is 2.24. The van der Waals surface area contributed by atoms with E-state index in [4.69, 9.17) is 0 Å². The van der Waals surface area contributed by atoms with Gasteiger partial charge >= 0.3 is 0 Å². The summed E-state index contributed by atoms with van der Waals surface area (Å²) >= 11 is 0. The lowest BCUT2D eigenvalue weighted by Crippen LogP contribution is -2.33. The summed E-state index contributed by atoms with van der Waals surface area (Å²) in [4.78, 5) is 37.2. The quantitative estimate of drug-likeness (QED) is 0.349. The van der Waals surface area contributed by atoms with Crippen LogP contribution < -0.4 is 10.6 Å². The van der Waals surface area contributed by atoms with Gasteiger partial charge in [0.05, 0.1) is 64.8 Å². The number of carbonyl (C=O) groups excluding carboxylic acids is 2. The van der Waals surface area contributed by atoms with E-state index < -0.39 is 0 Å². The molecule has 1 aliphatic rings. The van der Waals surface area contributed by atoms with Gasteiger partial charge in [-0.05, 0) is 45.3 Å². The molecule has 0 aliphatic carbocycles. The topological polar surface area (TPSA) is 122 Å². The van der Waals surface area contributed by atoms with Crippen molar-refractivity contribution in [3.8, 4) is 11.3 Å². The Morgan fingerprint density at radius 1 is 1.08 bits per heavy atom. The zero-order chi connectivity index (χ0) is 26.6. The first-order valence-electron chi connectivity index (χ1n) is 13.1. The molecular formula is C27H33N9O2. The number of anilines is 2. The second-order valence-electron chi connectivity index (χ2n) is 9.81. The summed E-state index contributed by atoms with van der Waals surface area (Å²) in [7, 11) is 1.84. The lowest BCUT2D eigenvalue weighted by molar-refractivity contribution is -0.117. The number of pyridine rings is 1. The van der Waals surface area contributed by atoms with Crippen molar-refractivity contribution >= 4 is 28.7 Å². The van der Waals surface area contributed by atoms with E-state index in [-0.39, 0.29) is 17.9 Å². The van der Waals surface area contributed by atoms with Crippen molar-refractivity contribution in [3.63, 3.8) is 0 Å². The Hall–Kier alpha value is -4.12. The summed E-state index contributed by atoms with van der Waals surface area (Å²) in [5, 5.41) is 14.4. The van der Waals surface area contributed by atoms with E-state index in [0.717, 1.165) is 44.3 Å². The second-order valence-corrected chi connectivity index (χ2v) is 9.81. The molecule has 1 saturated heterocycles. The molecular weight excluding hydrogens is 482 g/mol. The van der Waals surface area contributed by atoms with Crippen LogP contribution in [0, 0.1) is 6.92 Å². The predicted octanol–water partition coefficient (Wildman–Crippen LogP) is 3.68. The van der Waals surface area contributed by atoms with Crippen LogP contribution in [-0.2, 0) is 11.8 Å². The summed E-state index contributed by atoms with van der Waals surface area (Å²) in [5.41, 5.74) is 4.25. The van der Waals surface area contributed by atoms with Crippen molar-refractivity contribution in [2.45, 2.75) is 52.0 Å². The Morgan fingerprint density at radius 2 is 1.95 bits per heavy atom. The van der Waals surface area contributed by atoms with Gasteiger partial charge in [-0.3, -0.25) is 29.1 Å². The fourth-order valence-corrected chi connectivity index (χ4v) is 4.89. The van der Waals surface area contributed by atoms with Gasteiger partial charge in [-0.25, -0.2) is 4.52 Å². The van der Waals surface area contributed by atoms with Crippen molar-refractivity contribution in [1.82, 2.24) is 34.3 Å². The number of unbranched alkanes of at least 4 members (excludes halogenated alkanes) is 1. The number of hydrogen-bond donors (Lipinski definition) is 2. The van der Waals surface area contributed by atoms with Crippen LogP contribution in [0.4, 0.5) is 11.4 Å². The molecule has 4 aromatic rings. The smallest absolute Gasteiger partial charge is 0.259 e. The Morgan fingerprint density at radius 3 is 2.74 bits per heavy atom. The number of nitrogens with one attached hydrogen (secondary N) is 2. The molecule has 5 rings (SSSR count). The van der Waals surface area contributed by atoms with Gasteiger partial charge in [-0.15, -0.1) is 0 Å². The van der Waals surface area contributed by atoms with Crippen molar-refractivity contribution in [2.24, 2.45) is 7.05 Å². The number of rotatable bonds is 9. The first-order chi connectivity index (χ1) is 18.4. The van der Waals surface area contributed by atoms with Crippen LogP contribution in [-0.4, -0.2) is 65.2 Å². The van der Waals surface area contributed by atoms with E-state index in [0.29, 0.717) is 40.3 Å². The Kier molecular flexibility index (Phi) is 7.45. The largest absolute Gasteiger partial charge is 0.325 e. The SMILES string of the molecule is CCCCN1CCC[C@H]1CC(=O)Nc1cnc(C)c(NC(=O)c2cnn3cc(-c4cnn(C)c4)ncc23)c1. The van der Waals surface area contributed by atoms with Crippen LogP contribution in [0.25, 0.3) is 16.8 Å². The molecule has 0 bridgehead atoms. The lowest BCUT2D eigenvalue weighted by atomic mass is 10.1. The van der Waals surface area contributed by atoms with Crippen molar-refractivity contribution < 1.29 is 9.59 Å². The molecule has 0 radical (unpaired) electrons. The third kappa shape index (κ3) is 5.57. The van der Waals surface area contributed by atoms with Crippen molar-refractivity contribution in [3.05, 3.63) is 54.5 Å². The molecule has 0 saturated carbocycles. The third-order valence-electron chi connectivity index (χ3n) is 6.99. The highest BCUT2D eigenvalue weighted by Gasteiger charge is 2.26. The molecule has 38 heavy (non-hydrogen) atoms. The number of hydrogen-bond acceptors (Lipinski definition) is 7. The van der Waals surface area contributed by atoms with E-state index in [2.05, 4.69) is 42.6 Å². The van der Waals surface area contributed by atoms with Crippen molar-refractivity contribution in [2.75, 3.05) is 23.7 Å². The van der Waals surface area contributed by atoms with Crippen LogP contribution in [0.15, 0.2) is 43.2 Å². The molecule has 0 spiro atoms. The maximum absolute atomic E-state index is 13.2. The van der Waals surface area contributed by atoms with E-state index in [9.17, 15) is 9.59 Å². The number of aromatic nitrogens is 6. The summed E-state index contributed by atoms with van der Waals surface area (Å²) in [5.74, 6) is -0.374. The molecule has 0 aromatic carbocycles. The number of carbonyl (C=O) groups is 2. The molecule has 11 heteroatoms. The maximum atomic E-state index is 13.2.